The SMILES string of the molecule is CCOC(=O)CC[C@@H](C)[C@H]1CCC2C3CCC4=CC(O)CC[C@]4(C)C3CC[C@@]21C. The van der Waals surface area contributed by atoms with E-state index in [1.165, 1.54) is 44.9 Å². The van der Waals surface area contributed by atoms with Crippen LogP contribution in [-0.2, 0) is 9.53 Å². The molecule has 0 aromatic heterocycles. The van der Waals surface area contributed by atoms with E-state index in [1.807, 2.05) is 6.92 Å². The van der Waals surface area contributed by atoms with Gasteiger partial charge in [0.15, 0.2) is 0 Å². The summed E-state index contributed by atoms with van der Waals surface area (Å²) in [5.74, 6) is 3.84. The van der Waals surface area contributed by atoms with Crippen molar-refractivity contribution in [2.45, 2.75) is 98.0 Å². The molecule has 3 heteroatoms. The highest BCUT2D eigenvalue weighted by Gasteiger charge is 2.59. The van der Waals surface area contributed by atoms with Crippen LogP contribution in [-0.4, -0.2) is 23.8 Å². The Kier molecular flexibility index (Phi) is 5.92. The van der Waals surface area contributed by atoms with Gasteiger partial charge in [0.25, 0.3) is 0 Å². The molecule has 3 nitrogen and oxygen atoms in total. The average molecular weight is 403 g/mol. The molecule has 0 amide bonds. The molecule has 4 aliphatic carbocycles. The first-order chi connectivity index (χ1) is 13.8. The molecule has 4 rings (SSSR count). The van der Waals surface area contributed by atoms with Crippen LogP contribution in [0, 0.1) is 40.4 Å². The Morgan fingerprint density at radius 2 is 1.97 bits per heavy atom. The first-order valence-electron chi connectivity index (χ1n) is 12.3. The summed E-state index contributed by atoms with van der Waals surface area (Å²) in [6.45, 7) is 9.87. The van der Waals surface area contributed by atoms with E-state index in [0.717, 1.165) is 36.5 Å². The van der Waals surface area contributed by atoms with Crippen molar-refractivity contribution in [3.63, 3.8) is 0 Å². The zero-order chi connectivity index (χ0) is 20.8. The fourth-order valence-electron chi connectivity index (χ4n) is 8.47. The lowest BCUT2D eigenvalue weighted by atomic mass is 9.46. The number of rotatable bonds is 5. The van der Waals surface area contributed by atoms with Crippen LogP contribution >= 0.6 is 0 Å². The second-order valence-electron chi connectivity index (χ2n) is 11.2. The maximum Gasteiger partial charge on any atom is 0.305 e. The quantitative estimate of drug-likeness (QED) is 0.459. The molecule has 0 bridgehead atoms. The van der Waals surface area contributed by atoms with Crippen molar-refractivity contribution in [1.29, 1.82) is 0 Å². The van der Waals surface area contributed by atoms with E-state index in [-0.39, 0.29) is 12.1 Å². The molecular formula is C26H42O3. The minimum Gasteiger partial charge on any atom is -0.466 e. The van der Waals surface area contributed by atoms with Crippen molar-refractivity contribution in [3.8, 4) is 0 Å². The molecule has 164 valence electrons. The number of aliphatic hydroxyl groups excluding tert-OH is 1. The van der Waals surface area contributed by atoms with Crippen LogP contribution in [0.15, 0.2) is 11.6 Å². The van der Waals surface area contributed by atoms with Gasteiger partial charge in [-0.2, -0.15) is 0 Å². The van der Waals surface area contributed by atoms with Crippen molar-refractivity contribution in [1.82, 2.24) is 0 Å². The van der Waals surface area contributed by atoms with Gasteiger partial charge >= 0.3 is 5.97 Å². The summed E-state index contributed by atoms with van der Waals surface area (Å²) in [7, 11) is 0. The summed E-state index contributed by atoms with van der Waals surface area (Å²) in [6.07, 6.45) is 13.6. The van der Waals surface area contributed by atoms with Gasteiger partial charge < -0.3 is 9.84 Å². The van der Waals surface area contributed by atoms with Gasteiger partial charge in [0.05, 0.1) is 12.7 Å². The van der Waals surface area contributed by atoms with Gasteiger partial charge in [-0.1, -0.05) is 32.4 Å². The molecule has 3 saturated carbocycles. The van der Waals surface area contributed by atoms with E-state index in [1.54, 1.807) is 5.57 Å². The standard InChI is InChI=1S/C26H42O3/c1-5-29-24(28)11-6-17(2)21-9-10-22-20-8-7-18-16-19(27)12-14-25(18,3)23(20)13-15-26(21,22)4/h16-17,19-23,27H,5-15H2,1-4H3/t17-,19?,20?,21-,22?,23?,25+,26-/m1/s1. The first-order valence-corrected chi connectivity index (χ1v) is 12.3. The van der Waals surface area contributed by atoms with Gasteiger partial charge in [0.2, 0.25) is 0 Å². The Balaban J connectivity index is 1.47. The van der Waals surface area contributed by atoms with Crippen molar-refractivity contribution in [2.24, 2.45) is 40.4 Å². The third-order valence-electron chi connectivity index (χ3n) is 9.96. The third kappa shape index (κ3) is 3.60. The minimum atomic E-state index is -0.209. The van der Waals surface area contributed by atoms with E-state index >= 15 is 0 Å². The summed E-state index contributed by atoms with van der Waals surface area (Å²) in [5.41, 5.74) is 2.34. The van der Waals surface area contributed by atoms with Crippen molar-refractivity contribution >= 4 is 5.97 Å². The lowest BCUT2D eigenvalue weighted by Crippen LogP contribution is -2.51. The molecule has 0 radical (unpaired) electrons. The van der Waals surface area contributed by atoms with E-state index < -0.39 is 0 Å². The molecule has 0 heterocycles. The second-order valence-corrected chi connectivity index (χ2v) is 11.2. The Morgan fingerprint density at radius 1 is 1.17 bits per heavy atom. The topological polar surface area (TPSA) is 46.5 Å². The number of ether oxygens (including phenoxy) is 1. The van der Waals surface area contributed by atoms with Crippen molar-refractivity contribution < 1.29 is 14.6 Å². The summed E-state index contributed by atoms with van der Waals surface area (Å²) in [4.78, 5) is 11.9. The van der Waals surface area contributed by atoms with Gasteiger partial charge in [-0.05, 0) is 105 Å². The molecule has 4 unspecified atom stereocenters. The molecule has 8 atom stereocenters. The normalized spacial score (nSPS) is 44.9. The predicted molar refractivity (Wildman–Crippen MR) is 116 cm³/mol. The van der Waals surface area contributed by atoms with Gasteiger partial charge in [-0.3, -0.25) is 4.79 Å². The van der Waals surface area contributed by atoms with E-state index in [2.05, 4.69) is 26.8 Å². The molecule has 4 aliphatic rings. The Hall–Kier alpha value is -0.830. The van der Waals surface area contributed by atoms with Gasteiger partial charge in [0.1, 0.15) is 0 Å². The van der Waals surface area contributed by atoms with E-state index in [9.17, 15) is 9.90 Å². The van der Waals surface area contributed by atoms with Gasteiger partial charge in [-0.25, -0.2) is 0 Å². The number of carbonyl (C=O) groups is 1. The highest BCUT2D eigenvalue weighted by atomic mass is 16.5. The smallest absolute Gasteiger partial charge is 0.305 e. The Bertz CT molecular complexity index is 654. The van der Waals surface area contributed by atoms with Crippen LogP contribution in [0.2, 0.25) is 0 Å². The maximum absolute atomic E-state index is 11.9. The fraction of sp³-hybridized carbons (Fsp3) is 0.885. The van der Waals surface area contributed by atoms with Crippen LogP contribution in [0.4, 0.5) is 0 Å². The average Bonchev–Trinajstić information content (AvgIpc) is 3.04. The summed E-state index contributed by atoms with van der Waals surface area (Å²) < 4.78 is 5.16. The number of hydrogen-bond donors (Lipinski definition) is 1. The predicted octanol–water partition coefficient (Wildman–Crippen LogP) is 5.91. The third-order valence-corrected chi connectivity index (χ3v) is 9.96. The number of carbonyl (C=O) groups excluding carboxylic acids is 1. The van der Waals surface area contributed by atoms with Crippen LogP contribution in [0.5, 0.6) is 0 Å². The summed E-state index contributed by atoms with van der Waals surface area (Å²) >= 11 is 0. The Labute approximate surface area is 177 Å². The lowest BCUT2D eigenvalue weighted by Gasteiger charge is -2.59. The first kappa shape index (κ1) is 21.4. The molecule has 0 aromatic rings. The van der Waals surface area contributed by atoms with Crippen LogP contribution in [0.3, 0.4) is 0 Å². The number of esters is 1. The van der Waals surface area contributed by atoms with Crippen LogP contribution in [0.25, 0.3) is 0 Å². The van der Waals surface area contributed by atoms with Crippen molar-refractivity contribution in [3.05, 3.63) is 11.6 Å². The largest absolute Gasteiger partial charge is 0.466 e. The van der Waals surface area contributed by atoms with E-state index in [4.69, 9.17) is 4.74 Å². The van der Waals surface area contributed by atoms with Crippen molar-refractivity contribution in [2.75, 3.05) is 6.61 Å². The zero-order valence-corrected chi connectivity index (χ0v) is 19.1. The lowest BCUT2D eigenvalue weighted by molar-refractivity contribution is -0.143. The Morgan fingerprint density at radius 3 is 2.72 bits per heavy atom. The maximum atomic E-state index is 11.9. The van der Waals surface area contributed by atoms with Gasteiger partial charge in [0, 0.05) is 6.42 Å². The summed E-state index contributed by atoms with van der Waals surface area (Å²) in [5, 5.41) is 10.2. The van der Waals surface area contributed by atoms with E-state index in [0.29, 0.717) is 29.8 Å². The monoisotopic (exact) mass is 402 g/mol. The van der Waals surface area contributed by atoms with Gasteiger partial charge in [-0.15, -0.1) is 0 Å². The van der Waals surface area contributed by atoms with Crippen LogP contribution < -0.4 is 0 Å². The zero-order valence-electron chi connectivity index (χ0n) is 19.1. The fourth-order valence-corrected chi connectivity index (χ4v) is 8.47. The number of fused-ring (bicyclic) bond motifs is 5. The summed E-state index contributed by atoms with van der Waals surface area (Å²) in [6, 6.07) is 0. The number of hydrogen-bond acceptors (Lipinski definition) is 3. The molecule has 1 N–H and O–H groups in total. The molecule has 0 aliphatic heterocycles. The second kappa shape index (κ2) is 8.02. The molecule has 29 heavy (non-hydrogen) atoms. The highest BCUT2D eigenvalue weighted by Crippen LogP contribution is 2.67. The molecule has 0 aromatic carbocycles. The number of allylic oxidation sites excluding steroid dienone is 1. The molecule has 0 saturated heterocycles. The minimum absolute atomic E-state index is 0.0261. The molecule has 0 spiro atoms. The molecule has 3 fully saturated rings. The number of aliphatic hydroxyl groups is 1. The van der Waals surface area contributed by atoms with Crippen LogP contribution in [0.1, 0.15) is 91.9 Å². The molecular weight excluding hydrogens is 360 g/mol. The highest BCUT2D eigenvalue weighted by molar-refractivity contribution is 5.69.